The van der Waals surface area contributed by atoms with Crippen molar-refractivity contribution in [1.82, 2.24) is 0 Å². The van der Waals surface area contributed by atoms with E-state index in [1.54, 1.807) is 6.26 Å². The molecule has 0 saturated heterocycles. The smallest absolute Gasteiger partial charge is 0.149 e. The molecule has 0 bridgehead atoms. The van der Waals surface area contributed by atoms with Crippen LogP contribution in [-0.2, 0) is 0 Å². The van der Waals surface area contributed by atoms with E-state index >= 15 is 0 Å². The van der Waals surface area contributed by atoms with Crippen LogP contribution >= 0.6 is 0 Å². The molecule has 0 N–H and O–H groups in total. The van der Waals surface area contributed by atoms with E-state index in [4.69, 9.17) is 4.42 Å². The number of hydrogen-bond donors (Lipinski definition) is 0. The maximum Gasteiger partial charge on any atom is 0.149 e. The van der Waals surface area contributed by atoms with Crippen molar-refractivity contribution in [3.63, 3.8) is 0 Å². The predicted octanol–water partition coefficient (Wildman–Crippen LogP) is 5.65. The summed E-state index contributed by atoms with van der Waals surface area (Å²) in [6.45, 7) is 9.55. The Morgan fingerprint density at radius 2 is 1.86 bits per heavy atom. The topological polar surface area (TPSA) is 16.4 Å². The molecular weight excluding hydrogens is 258 g/mol. The van der Waals surface area contributed by atoms with Crippen molar-refractivity contribution in [1.29, 1.82) is 0 Å². The minimum Gasteiger partial charge on any atom is -0.463 e. The average molecular weight is 283 g/mol. The van der Waals surface area contributed by atoms with Gasteiger partial charge in [0.1, 0.15) is 5.76 Å². The second-order valence-electron chi connectivity index (χ2n) is 5.47. The first-order chi connectivity index (χ1) is 10.2. The Labute approximate surface area is 128 Å². The average Bonchev–Trinajstić information content (AvgIpc) is 3.02. The van der Waals surface area contributed by atoms with E-state index in [0.29, 0.717) is 0 Å². The molecule has 2 aromatic rings. The minimum absolute atomic E-state index is 0.839. The summed E-state index contributed by atoms with van der Waals surface area (Å²) < 4.78 is 5.51. The lowest BCUT2D eigenvalue weighted by Gasteiger charge is -2.26. The second-order valence-corrected chi connectivity index (χ2v) is 5.47. The van der Waals surface area contributed by atoms with Gasteiger partial charge in [-0.25, -0.2) is 0 Å². The van der Waals surface area contributed by atoms with Crippen molar-refractivity contribution in [3.8, 4) is 0 Å². The monoisotopic (exact) mass is 283 g/mol. The third-order valence-corrected chi connectivity index (χ3v) is 3.71. The van der Waals surface area contributed by atoms with Gasteiger partial charge >= 0.3 is 0 Å². The minimum atomic E-state index is 0.839. The highest BCUT2D eigenvalue weighted by Gasteiger charge is 2.13. The molecule has 0 saturated carbocycles. The van der Waals surface area contributed by atoms with Crippen LogP contribution in [0.1, 0.15) is 43.9 Å². The molecule has 0 aliphatic rings. The fraction of sp³-hybridized carbons (Fsp3) is 0.368. The highest BCUT2D eigenvalue weighted by molar-refractivity contribution is 5.75. The molecule has 0 fully saturated rings. The number of furan rings is 1. The molecule has 0 unspecified atom stereocenters. The molecule has 0 spiro atoms. The number of unbranched alkanes of at least 4 members (excludes halogenated alkanes) is 3. The van der Waals surface area contributed by atoms with E-state index in [2.05, 4.69) is 49.6 Å². The summed E-state index contributed by atoms with van der Waals surface area (Å²) in [5, 5.41) is 0. The molecule has 2 heteroatoms. The molecule has 1 aromatic heterocycles. The molecule has 0 aliphatic heterocycles. The van der Waals surface area contributed by atoms with Crippen molar-refractivity contribution in [2.75, 3.05) is 11.4 Å². The molecule has 0 radical (unpaired) electrons. The molecule has 21 heavy (non-hydrogen) atoms. The first kappa shape index (κ1) is 15.4. The zero-order chi connectivity index (χ0) is 15.1. The molecular formula is C19H25NO. The summed E-state index contributed by atoms with van der Waals surface area (Å²) in [6.07, 6.45) is 6.66. The Bertz CT molecular complexity index is 539. The summed E-state index contributed by atoms with van der Waals surface area (Å²) in [6, 6.07) is 12.5. The maximum atomic E-state index is 5.51. The van der Waals surface area contributed by atoms with Crippen LogP contribution in [0, 0.1) is 6.92 Å². The van der Waals surface area contributed by atoms with Crippen molar-refractivity contribution < 1.29 is 4.42 Å². The number of nitrogens with zero attached hydrogens (tertiary/aromatic N) is 1. The molecule has 0 amide bonds. The summed E-state index contributed by atoms with van der Waals surface area (Å²) >= 11 is 0. The number of benzene rings is 1. The van der Waals surface area contributed by atoms with Gasteiger partial charge in [0.25, 0.3) is 0 Å². The van der Waals surface area contributed by atoms with Crippen LogP contribution in [0.4, 0.5) is 5.69 Å². The van der Waals surface area contributed by atoms with Gasteiger partial charge < -0.3 is 9.32 Å². The lowest BCUT2D eigenvalue weighted by molar-refractivity contribution is 0.549. The first-order valence-corrected chi connectivity index (χ1v) is 7.79. The van der Waals surface area contributed by atoms with E-state index in [0.717, 1.165) is 18.0 Å². The van der Waals surface area contributed by atoms with Gasteiger partial charge in [-0.3, -0.25) is 0 Å². The van der Waals surface area contributed by atoms with E-state index in [1.165, 1.54) is 36.9 Å². The Hall–Kier alpha value is -1.96. The number of rotatable bonds is 8. The summed E-state index contributed by atoms with van der Waals surface area (Å²) in [5.74, 6) is 0.839. The van der Waals surface area contributed by atoms with Gasteiger partial charge in [0.15, 0.2) is 0 Å². The SMILES string of the molecule is C=C(c1ccco1)N(CCCCCC)c1ccc(C)cc1. The van der Waals surface area contributed by atoms with Crippen LogP contribution in [0.25, 0.3) is 5.70 Å². The molecule has 1 heterocycles. The number of aryl methyl sites for hydroxylation is 1. The van der Waals surface area contributed by atoms with Crippen LogP contribution < -0.4 is 4.90 Å². The number of anilines is 1. The Morgan fingerprint density at radius 1 is 1.10 bits per heavy atom. The fourth-order valence-corrected chi connectivity index (χ4v) is 2.42. The predicted molar refractivity (Wildman–Crippen MR) is 90.4 cm³/mol. The number of hydrogen-bond acceptors (Lipinski definition) is 2. The Morgan fingerprint density at radius 3 is 2.48 bits per heavy atom. The van der Waals surface area contributed by atoms with Gasteiger partial charge in [-0.15, -0.1) is 0 Å². The van der Waals surface area contributed by atoms with Crippen molar-refractivity contribution >= 4 is 11.4 Å². The van der Waals surface area contributed by atoms with E-state index in [1.807, 2.05) is 12.1 Å². The standard InChI is InChI=1S/C19H25NO/c1-4-5-6-7-14-20(17(3)19-9-8-15-21-19)18-12-10-16(2)11-13-18/h8-13,15H,3-7,14H2,1-2H3. The van der Waals surface area contributed by atoms with Gasteiger partial charge in [-0.2, -0.15) is 0 Å². The van der Waals surface area contributed by atoms with Gasteiger partial charge in [-0.1, -0.05) is 50.5 Å². The van der Waals surface area contributed by atoms with Gasteiger partial charge in [0.2, 0.25) is 0 Å². The normalized spacial score (nSPS) is 10.6. The van der Waals surface area contributed by atoms with E-state index in [9.17, 15) is 0 Å². The summed E-state index contributed by atoms with van der Waals surface area (Å²) in [5.41, 5.74) is 3.38. The third kappa shape index (κ3) is 4.25. The van der Waals surface area contributed by atoms with Crippen LogP contribution in [0.2, 0.25) is 0 Å². The summed E-state index contributed by atoms with van der Waals surface area (Å²) in [4.78, 5) is 2.26. The quantitative estimate of drug-likeness (QED) is 0.582. The first-order valence-electron chi connectivity index (χ1n) is 7.79. The zero-order valence-electron chi connectivity index (χ0n) is 13.1. The van der Waals surface area contributed by atoms with Gasteiger partial charge in [-0.05, 0) is 37.6 Å². The molecule has 1 aromatic carbocycles. The van der Waals surface area contributed by atoms with Crippen molar-refractivity contribution in [2.45, 2.75) is 39.5 Å². The van der Waals surface area contributed by atoms with Crippen molar-refractivity contribution in [3.05, 3.63) is 60.6 Å². The molecule has 2 nitrogen and oxygen atoms in total. The largest absolute Gasteiger partial charge is 0.463 e. The van der Waals surface area contributed by atoms with Crippen LogP contribution in [-0.4, -0.2) is 6.54 Å². The highest BCUT2D eigenvalue weighted by atomic mass is 16.3. The van der Waals surface area contributed by atoms with E-state index in [-0.39, 0.29) is 0 Å². The Kier molecular flexibility index (Phi) is 5.68. The third-order valence-electron chi connectivity index (χ3n) is 3.71. The van der Waals surface area contributed by atoms with E-state index < -0.39 is 0 Å². The van der Waals surface area contributed by atoms with Crippen LogP contribution in [0.5, 0.6) is 0 Å². The fourth-order valence-electron chi connectivity index (χ4n) is 2.42. The highest BCUT2D eigenvalue weighted by Crippen LogP contribution is 2.26. The van der Waals surface area contributed by atoms with Crippen molar-refractivity contribution in [2.24, 2.45) is 0 Å². The lowest BCUT2D eigenvalue weighted by Crippen LogP contribution is -2.22. The van der Waals surface area contributed by atoms with Gasteiger partial charge in [0, 0.05) is 12.2 Å². The molecule has 112 valence electrons. The lowest BCUT2D eigenvalue weighted by atomic mass is 10.1. The van der Waals surface area contributed by atoms with Crippen LogP contribution in [0.15, 0.2) is 53.7 Å². The molecule has 0 aliphatic carbocycles. The van der Waals surface area contributed by atoms with Crippen LogP contribution in [0.3, 0.4) is 0 Å². The summed E-state index contributed by atoms with van der Waals surface area (Å²) in [7, 11) is 0. The zero-order valence-corrected chi connectivity index (χ0v) is 13.1. The Balaban J connectivity index is 2.13. The molecule has 2 rings (SSSR count). The maximum absolute atomic E-state index is 5.51. The van der Waals surface area contributed by atoms with Gasteiger partial charge in [0.05, 0.1) is 12.0 Å². The molecule has 0 atom stereocenters. The second kappa shape index (κ2) is 7.72.